The predicted octanol–water partition coefficient (Wildman–Crippen LogP) is 7.45. The maximum Gasteiger partial charge on any atom is 0.338 e. The normalized spacial score (nSPS) is 14.2. The monoisotopic (exact) mass is 760 g/mol. The number of benzene rings is 5. The quantitative estimate of drug-likeness (QED) is 0.135. The molecule has 0 saturated carbocycles. The van der Waals surface area contributed by atoms with E-state index in [0.29, 0.717) is 44.4 Å². The van der Waals surface area contributed by atoms with E-state index < -0.39 is 12.0 Å². The van der Waals surface area contributed by atoms with E-state index in [1.54, 1.807) is 37.8 Å². The van der Waals surface area contributed by atoms with Gasteiger partial charge in [0.15, 0.2) is 16.3 Å². The Bertz CT molecular complexity index is 2470. The van der Waals surface area contributed by atoms with Crippen molar-refractivity contribution in [2.24, 2.45) is 4.99 Å². The van der Waals surface area contributed by atoms with Crippen LogP contribution in [0.25, 0.3) is 22.5 Å². The van der Waals surface area contributed by atoms with Crippen molar-refractivity contribution in [3.8, 4) is 17.2 Å². The number of nitrogens with zero attached hydrogens (tertiary/aromatic N) is 2. The first kappa shape index (κ1) is 34.0. The molecule has 0 unspecified atom stereocenters. The number of fused-ring (bicyclic) bond motifs is 2. The van der Waals surface area contributed by atoms with Crippen molar-refractivity contribution in [1.82, 2.24) is 4.57 Å². The van der Waals surface area contributed by atoms with Gasteiger partial charge in [0, 0.05) is 15.6 Å². The van der Waals surface area contributed by atoms with Gasteiger partial charge in [0.25, 0.3) is 5.56 Å². The number of rotatable bonds is 10. The van der Waals surface area contributed by atoms with Crippen LogP contribution in [0.1, 0.15) is 35.2 Å². The number of esters is 1. The van der Waals surface area contributed by atoms with Gasteiger partial charge in [0.2, 0.25) is 0 Å². The fraction of sp³-hybridized carbons (Fsp3) is 0.146. The van der Waals surface area contributed by atoms with Crippen molar-refractivity contribution in [3.05, 3.63) is 161 Å². The third-order valence-electron chi connectivity index (χ3n) is 8.61. The Labute approximate surface area is 306 Å². The average Bonchev–Trinajstić information content (AvgIpc) is 3.48. The zero-order valence-corrected chi connectivity index (χ0v) is 30.5. The minimum Gasteiger partial charge on any atom is -0.493 e. The van der Waals surface area contributed by atoms with Crippen molar-refractivity contribution >= 4 is 55.8 Å². The van der Waals surface area contributed by atoms with Gasteiger partial charge in [-0.3, -0.25) is 9.36 Å². The molecule has 1 aliphatic rings. The van der Waals surface area contributed by atoms with E-state index in [1.807, 2.05) is 103 Å². The summed E-state index contributed by atoms with van der Waals surface area (Å²) in [7, 11) is 3.10. The van der Waals surface area contributed by atoms with Crippen LogP contribution in [0, 0.1) is 0 Å². The minimum atomic E-state index is -0.877. The molecule has 1 atom stereocenters. The molecule has 7 rings (SSSR count). The van der Waals surface area contributed by atoms with Crippen molar-refractivity contribution in [2.45, 2.75) is 19.6 Å². The van der Waals surface area contributed by atoms with Gasteiger partial charge in [-0.25, -0.2) is 9.79 Å². The highest BCUT2D eigenvalue weighted by atomic mass is 79.9. The highest BCUT2D eigenvalue weighted by Crippen LogP contribution is 2.38. The van der Waals surface area contributed by atoms with Crippen LogP contribution in [0.5, 0.6) is 17.2 Å². The Hall–Kier alpha value is -5.45. The number of carbonyl (C=O) groups excluding carboxylic acids is 1. The van der Waals surface area contributed by atoms with Gasteiger partial charge in [0.1, 0.15) is 12.4 Å². The van der Waals surface area contributed by atoms with E-state index in [1.165, 1.54) is 11.3 Å². The van der Waals surface area contributed by atoms with Gasteiger partial charge in [0.05, 0.1) is 42.7 Å². The summed E-state index contributed by atoms with van der Waals surface area (Å²) in [4.78, 5) is 34.1. The number of hydrogen-bond acceptors (Lipinski definition) is 8. The van der Waals surface area contributed by atoms with E-state index in [9.17, 15) is 9.59 Å². The maximum absolute atomic E-state index is 14.7. The van der Waals surface area contributed by atoms with Crippen LogP contribution in [0.2, 0.25) is 0 Å². The summed E-state index contributed by atoms with van der Waals surface area (Å²) in [5.41, 5.74) is 3.51. The predicted molar refractivity (Wildman–Crippen MR) is 203 cm³/mol. The maximum atomic E-state index is 14.7. The van der Waals surface area contributed by atoms with Crippen LogP contribution >= 0.6 is 27.3 Å². The summed E-state index contributed by atoms with van der Waals surface area (Å²) in [5.74, 6) is 1.05. The lowest BCUT2D eigenvalue weighted by Crippen LogP contribution is -2.40. The Balaban J connectivity index is 1.47. The van der Waals surface area contributed by atoms with Crippen molar-refractivity contribution in [3.63, 3.8) is 0 Å². The van der Waals surface area contributed by atoms with Crippen molar-refractivity contribution in [2.75, 3.05) is 20.8 Å². The lowest BCUT2D eigenvalue weighted by atomic mass is 9.93. The number of ether oxygens (including phenoxy) is 4. The second-order valence-corrected chi connectivity index (χ2v) is 13.6. The Morgan fingerprint density at radius 1 is 0.882 bits per heavy atom. The molecular weight excluding hydrogens is 728 g/mol. The molecule has 51 heavy (non-hydrogen) atoms. The van der Waals surface area contributed by atoms with Gasteiger partial charge >= 0.3 is 5.97 Å². The van der Waals surface area contributed by atoms with E-state index in [2.05, 4.69) is 15.9 Å². The summed E-state index contributed by atoms with van der Waals surface area (Å²) in [6.07, 6.45) is 1.87. The number of methoxy groups -OCH3 is 2. The van der Waals surface area contributed by atoms with E-state index >= 15 is 0 Å². The SMILES string of the molecule is CCOC(=O)C1=C(c2ccccc2)N=c2s/c(=C\c3c(OCc4ccc(Br)cc4)ccc4ccccc34)c(=O)n2[C@H]1c1ccc(OC)c(OC)c1. The van der Waals surface area contributed by atoms with Gasteiger partial charge in [-0.15, -0.1) is 0 Å². The molecule has 8 nitrogen and oxygen atoms in total. The topological polar surface area (TPSA) is 88.4 Å². The molecule has 0 bridgehead atoms. The summed E-state index contributed by atoms with van der Waals surface area (Å²) in [6, 6.07) is 33.9. The molecule has 0 fully saturated rings. The van der Waals surface area contributed by atoms with Gasteiger partial charge in [-0.1, -0.05) is 106 Å². The van der Waals surface area contributed by atoms with E-state index in [4.69, 9.17) is 23.9 Å². The minimum absolute atomic E-state index is 0.150. The molecule has 0 spiro atoms. The number of carbonyl (C=O) groups is 1. The van der Waals surface area contributed by atoms with E-state index in [0.717, 1.165) is 31.9 Å². The highest BCUT2D eigenvalue weighted by Gasteiger charge is 2.35. The van der Waals surface area contributed by atoms with Crippen LogP contribution in [-0.2, 0) is 16.1 Å². The van der Waals surface area contributed by atoms with Crippen LogP contribution in [-0.4, -0.2) is 31.4 Å². The first-order valence-electron chi connectivity index (χ1n) is 16.3. The number of aromatic nitrogens is 1. The van der Waals surface area contributed by atoms with Crippen molar-refractivity contribution in [1.29, 1.82) is 0 Å². The first-order valence-corrected chi connectivity index (χ1v) is 17.9. The molecule has 256 valence electrons. The smallest absolute Gasteiger partial charge is 0.338 e. The molecule has 0 amide bonds. The average molecular weight is 762 g/mol. The van der Waals surface area contributed by atoms with Gasteiger partial charge in [-0.2, -0.15) is 0 Å². The molecule has 2 heterocycles. The summed E-state index contributed by atoms with van der Waals surface area (Å²) >= 11 is 4.75. The Morgan fingerprint density at radius 2 is 1.61 bits per heavy atom. The zero-order chi connectivity index (χ0) is 35.5. The molecule has 1 aromatic heterocycles. The molecule has 0 radical (unpaired) electrons. The third-order valence-corrected chi connectivity index (χ3v) is 10.1. The molecule has 10 heteroatoms. The number of thiazole rings is 1. The summed E-state index contributed by atoms with van der Waals surface area (Å²) < 4.78 is 26.2. The molecule has 6 aromatic rings. The lowest BCUT2D eigenvalue weighted by molar-refractivity contribution is -0.138. The molecule has 5 aromatic carbocycles. The highest BCUT2D eigenvalue weighted by molar-refractivity contribution is 9.10. The van der Waals surface area contributed by atoms with Crippen LogP contribution < -0.4 is 29.1 Å². The van der Waals surface area contributed by atoms with Crippen molar-refractivity contribution < 1.29 is 23.7 Å². The van der Waals surface area contributed by atoms with Crippen LogP contribution in [0.3, 0.4) is 0 Å². The number of halogens is 1. The third kappa shape index (κ3) is 6.72. The largest absolute Gasteiger partial charge is 0.493 e. The standard InChI is InChI=1S/C41H33BrN2O6S/c1-4-49-40(46)36-37(27-11-6-5-7-12-27)43-41-44(38(36)28-17-21-33(47-2)34(22-28)48-3)39(45)35(51-41)23-31-30-13-9-8-10-26(30)16-20-32(31)50-24-25-14-18-29(42)19-15-25/h5-23,38H,4,24H2,1-3H3/b35-23-/t38-/m0/s1. The fourth-order valence-corrected chi connectivity index (χ4v) is 7.45. The fourth-order valence-electron chi connectivity index (χ4n) is 6.20. The van der Waals surface area contributed by atoms with Gasteiger partial charge < -0.3 is 18.9 Å². The Morgan fingerprint density at radius 3 is 2.35 bits per heavy atom. The zero-order valence-electron chi connectivity index (χ0n) is 28.1. The molecule has 1 aliphatic heterocycles. The second kappa shape index (κ2) is 14.8. The van der Waals surface area contributed by atoms with Gasteiger partial charge in [-0.05, 0) is 65.2 Å². The molecule has 0 N–H and O–H groups in total. The summed E-state index contributed by atoms with van der Waals surface area (Å²) in [6.45, 7) is 2.25. The number of hydrogen-bond donors (Lipinski definition) is 0. The second-order valence-electron chi connectivity index (χ2n) is 11.7. The summed E-state index contributed by atoms with van der Waals surface area (Å²) in [5, 5.41) is 1.94. The lowest BCUT2D eigenvalue weighted by Gasteiger charge is -2.26. The van der Waals surface area contributed by atoms with Crippen LogP contribution in [0.15, 0.2) is 129 Å². The molecule has 0 aliphatic carbocycles. The Kier molecular flexibility index (Phi) is 9.87. The first-order chi connectivity index (χ1) is 24.9. The molecule has 0 saturated heterocycles. The molecular formula is C41H33BrN2O6S. The van der Waals surface area contributed by atoms with E-state index in [-0.39, 0.29) is 17.7 Å². The van der Waals surface area contributed by atoms with Crippen LogP contribution in [0.4, 0.5) is 0 Å².